The SMILES string of the molecule is C=C(O)/C=C\C(=C)C1=C(O)C=C(O)CC1.CC.CC. The molecule has 108 valence electrons. The van der Waals surface area contributed by atoms with E-state index in [4.69, 9.17) is 10.2 Å². The van der Waals surface area contributed by atoms with E-state index >= 15 is 0 Å². The van der Waals surface area contributed by atoms with Gasteiger partial charge in [0.2, 0.25) is 0 Å². The molecule has 0 radical (unpaired) electrons. The van der Waals surface area contributed by atoms with Crippen LogP contribution in [0.25, 0.3) is 0 Å². The largest absolute Gasteiger partial charge is 0.512 e. The average Bonchev–Trinajstić information content (AvgIpc) is 2.40. The zero-order chi connectivity index (χ0) is 15.4. The first-order chi connectivity index (χ1) is 9.00. The molecule has 3 nitrogen and oxygen atoms in total. The summed E-state index contributed by atoms with van der Waals surface area (Å²) in [6.07, 6.45) is 5.32. The number of aliphatic hydroxyl groups is 3. The summed E-state index contributed by atoms with van der Waals surface area (Å²) in [7, 11) is 0. The summed E-state index contributed by atoms with van der Waals surface area (Å²) < 4.78 is 0. The van der Waals surface area contributed by atoms with Crippen molar-refractivity contribution in [3.63, 3.8) is 0 Å². The van der Waals surface area contributed by atoms with Gasteiger partial charge in [0, 0.05) is 18.1 Å². The van der Waals surface area contributed by atoms with Crippen molar-refractivity contribution in [1.82, 2.24) is 0 Å². The zero-order valence-electron chi connectivity index (χ0n) is 12.4. The van der Waals surface area contributed by atoms with Crippen LogP contribution in [0.4, 0.5) is 0 Å². The van der Waals surface area contributed by atoms with Crippen LogP contribution in [-0.4, -0.2) is 15.3 Å². The topological polar surface area (TPSA) is 60.7 Å². The molecule has 0 aromatic rings. The maximum Gasteiger partial charge on any atom is 0.122 e. The van der Waals surface area contributed by atoms with Crippen LogP contribution in [0.15, 0.2) is 59.8 Å². The Kier molecular flexibility index (Phi) is 11.5. The second-order valence-corrected chi connectivity index (χ2v) is 3.35. The van der Waals surface area contributed by atoms with Crippen LogP contribution in [0.2, 0.25) is 0 Å². The van der Waals surface area contributed by atoms with E-state index in [1.165, 1.54) is 12.2 Å². The summed E-state index contributed by atoms with van der Waals surface area (Å²) in [4.78, 5) is 0. The lowest BCUT2D eigenvalue weighted by atomic mass is 9.96. The highest BCUT2D eigenvalue weighted by Crippen LogP contribution is 2.26. The molecule has 0 heterocycles. The number of hydrogen-bond acceptors (Lipinski definition) is 3. The maximum absolute atomic E-state index is 9.54. The van der Waals surface area contributed by atoms with E-state index in [9.17, 15) is 5.11 Å². The van der Waals surface area contributed by atoms with E-state index in [0.717, 1.165) is 0 Å². The fourth-order valence-corrected chi connectivity index (χ4v) is 1.32. The van der Waals surface area contributed by atoms with E-state index in [2.05, 4.69) is 13.2 Å². The Morgan fingerprint density at radius 2 is 1.58 bits per heavy atom. The van der Waals surface area contributed by atoms with Crippen molar-refractivity contribution in [3.8, 4) is 0 Å². The normalized spacial score (nSPS) is 13.8. The number of rotatable bonds is 3. The number of aliphatic hydroxyl groups excluding tert-OH is 3. The van der Waals surface area contributed by atoms with E-state index in [0.29, 0.717) is 24.0 Å². The van der Waals surface area contributed by atoms with Crippen molar-refractivity contribution < 1.29 is 15.3 Å². The molecule has 0 fully saturated rings. The molecule has 3 N–H and O–H groups in total. The molecule has 0 saturated carbocycles. The van der Waals surface area contributed by atoms with Crippen LogP contribution in [-0.2, 0) is 0 Å². The van der Waals surface area contributed by atoms with Gasteiger partial charge in [-0.3, -0.25) is 0 Å². The van der Waals surface area contributed by atoms with Gasteiger partial charge < -0.3 is 15.3 Å². The molecule has 0 aliphatic heterocycles. The fraction of sp³-hybridized carbons (Fsp3) is 0.375. The van der Waals surface area contributed by atoms with Crippen LogP contribution in [0.1, 0.15) is 40.5 Å². The smallest absolute Gasteiger partial charge is 0.122 e. The van der Waals surface area contributed by atoms with E-state index in [-0.39, 0.29) is 17.3 Å². The highest BCUT2D eigenvalue weighted by atomic mass is 16.3. The summed E-state index contributed by atoms with van der Waals surface area (Å²) in [6, 6.07) is 0. The summed E-state index contributed by atoms with van der Waals surface area (Å²) in [5.74, 6) is 0.127. The highest BCUT2D eigenvalue weighted by molar-refractivity contribution is 5.45. The van der Waals surface area contributed by atoms with Crippen molar-refractivity contribution in [2.45, 2.75) is 40.5 Å². The predicted octanol–water partition coefficient (Wildman–Crippen LogP) is 5.27. The van der Waals surface area contributed by atoms with Gasteiger partial charge in [0.15, 0.2) is 0 Å². The van der Waals surface area contributed by atoms with Crippen molar-refractivity contribution in [2.24, 2.45) is 0 Å². The highest BCUT2D eigenvalue weighted by Gasteiger charge is 2.13. The van der Waals surface area contributed by atoms with Crippen molar-refractivity contribution in [2.75, 3.05) is 0 Å². The van der Waals surface area contributed by atoms with Crippen LogP contribution < -0.4 is 0 Å². The Balaban J connectivity index is 0. The molecule has 0 unspecified atom stereocenters. The van der Waals surface area contributed by atoms with Gasteiger partial charge in [-0.25, -0.2) is 0 Å². The maximum atomic E-state index is 9.54. The Bertz CT molecular complexity index is 385. The van der Waals surface area contributed by atoms with Crippen molar-refractivity contribution in [3.05, 3.63) is 59.8 Å². The van der Waals surface area contributed by atoms with Crippen LogP contribution >= 0.6 is 0 Å². The first-order valence-electron chi connectivity index (χ1n) is 6.57. The van der Waals surface area contributed by atoms with Gasteiger partial charge in [-0.05, 0) is 18.1 Å². The molecule has 3 heteroatoms. The minimum atomic E-state index is -0.0644. The van der Waals surface area contributed by atoms with Gasteiger partial charge in [0.05, 0.1) is 5.76 Å². The Labute approximate surface area is 116 Å². The molecule has 0 amide bonds. The molecule has 0 saturated heterocycles. The van der Waals surface area contributed by atoms with Gasteiger partial charge in [-0.15, -0.1) is 0 Å². The third-order valence-electron chi connectivity index (χ3n) is 2.11. The lowest BCUT2D eigenvalue weighted by molar-refractivity contribution is 0.360. The predicted molar refractivity (Wildman–Crippen MR) is 82.3 cm³/mol. The molecule has 1 aliphatic carbocycles. The van der Waals surface area contributed by atoms with Crippen LogP contribution in [0.3, 0.4) is 0 Å². The molecule has 0 atom stereocenters. The summed E-state index contributed by atoms with van der Waals surface area (Å²) in [6.45, 7) is 15.1. The van der Waals surface area contributed by atoms with Crippen LogP contribution in [0, 0.1) is 0 Å². The zero-order valence-corrected chi connectivity index (χ0v) is 12.4. The molecule has 1 rings (SSSR count). The third kappa shape index (κ3) is 7.92. The minimum Gasteiger partial charge on any atom is -0.512 e. The molecule has 0 spiro atoms. The molecule has 19 heavy (non-hydrogen) atoms. The molecular weight excluding hydrogens is 240 g/mol. The summed E-state index contributed by atoms with van der Waals surface area (Å²) >= 11 is 0. The Morgan fingerprint density at radius 3 is 2.00 bits per heavy atom. The standard InChI is InChI=1S/C12H14O3.2C2H6/c1-8(3-4-9(2)13)11-6-5-10(14)7-12(11)15;2*1-2/h3-4,7,13-15H,1-2,5-6H2;2*1-2H3/b4-3-;;. The van der Waals surface area contributed by atoms with Gasteiger partial charge in [0.1, 0.15) is 11.5 Å². The lowest BCUT2D eigenvalue weighted by Gasteiger charge is -2.13. The molecule has 1 aliphatic rings. The van der Waals surface area contributed by atoms with Crippen LogP contribution in [0.5, 0.6) is 0 Å². The van der Waals surface area contributed by atoms with E-state index in [1.807, 2.05) is 27.7 Å². The Hall–Kier alpha value is -1.90. The molecular formula is C16H26O3. The fourth-order valence-electron chi connectivity index (χ4n) is 1.32. The third-order valence-corrected chi connectivity index (χ3v) is 2.11. The Morgan fingerprint density at radius 1 is 1.05 bits per heavy atom. The summed E-state index contributed by atoms with van der Waals surface area (Å²) in [5, 5.41) is 27.6. The first-order valence-corrected chi connectivity index (χ1v) is 6.57. The molecule has 0 aromatic carbocycles. The quantitative estimate of drug-likeness (QED) is 0.481. The van der Waals surface area contributed by atoms with Gasteiger partial charge in [-0.2, -0.15) is 0 Å². The number of hydrogen-bond donors (Lipinski definition) is 3. The molecule has 0 bridgehead atoms. The van der Waals surface area contributed by atoms with Gasteiger partial charge in [-0.1, -0.05) is 46.9 Å². The van der Waals surface area contributed by atoms with Crippen molar-refractivity contribution >= 4 is 0 Å². The van der Waals surface area contributed by atoms with Gasteiger partial charge in [0.25, 0.3) is 0 Å². The lowest BCUT2D eigenvalue weighted by Crippen LogP contribution is -2.00. The number of allylic oxidation sites excluding steroid dienone is 6. The van der Waals surface area contributed by atoms with Crippen molar-refractivity contribution in [1.29, 1.82) is 0 Å². The summed E-state index contributed by atoms with van der Waals surface area (Å²) in [5.41, 5.74) is 1.27. The minimum absolute atomic E-state index is 0.0250. The van der Waals surface area contributed by atoms with E-state index in [1.54, 1.807) is 6.08 Å². The second kappa shape index (κ2) is 11.2. The molecule has 0 aromatic heterocycles. The average molecular weight is 266 g/mol. The second-order valence-electron chi connectivity index (χ2n) is 3.35. The first kappa shape index (κ1) is 19.4. The van der Waals surface area contributed by atoms with E-state index < -0.39 is 0 Å². The van der Waals surface area contributed by atoms with Gasteiger partial charge >= 0.3 is 0 Å². The monoisotopic (exact) mass is 266 g/mol.